The molecule has 0 heterocycles. The second-order valence-electron chi connectivity index (χ2n) is 25.0. The van der Waals surface area contributed by atoms with Crippen molar-refractivity contribution in [2.24, 2.45) is 5.41 Å². The number of hydrogen-bond donors (Lipinski definition) is 8. The lowest BCUT2D eigenvalue weighted by atomic mass is 9.93. The number of aliphatic hydroxyl groups is 4. The molecule has 0 bridgehead atoms. The summed E-state index contributed by atoms with van der Waals surface area (Å²) in [5.41, 5.74) is -1.11. The quantitative estimate of drug-likeness (QED) is 0.0210. The average Bonchev–Trinajstić information content (AvgIpc) is 3.74. The van der Waals surface area contributed by atoms with Crippen molar-refractivity contribution >= 4 is 23.9 Å². The molecule has 0 amide bonds. The molecule has 0 aliphatic rings. The lowest BCUT2D eigenvalue weighted by molar-refractivity contribution is -0.138. The number of rotatable bonds is 64. The van der Waals surface area contributed by atoms with Crippen LogP contribution in [0.2, 0.25) is 0 Å². The smallest absolute Gasteiger partial charge is 0.303 e. The van der Waals surface area contributed by atoms with E-state index in [9.17, 15) is 19.2 Å². The van der Waals surface area contributed by atoms with E-state index in [2.05, 4.69) is 76.3 Å². The Bertz CT molecular complexity index is 1290. The van der Waals surface area contributed by atoms with Crippen molar-refractivity contribution in [2.75, 3.05) is 26.4 Å². The van der Waals surface area contributed by atoms with Gasteiger partial charge in [-0.25, -0.2) is 0 Å². The van der Waals surface area contributed by atoms with Crippen LogP contribution in [0.1, 0.15) is 387 Å². The van der Waals surface area contributed by atoms with E-state index in [1.807, 2.05) is 0 Å². The van der Waals surface area contributed by atoms with Gasteiger partial charge in [0, 0.05) is 25.7 Å². The zero-order valence-electron chi connectivity index (χ0n) is 58.8. The van der Waals surface area contributed by atoms with Crippen LogP contribution in [-0.4, -0.2) is 91.2 Å². The third-order valence-electron chi connectivity index (χ3n) is 16.0. The summed E-state index contributed by atoms with van der Waals surface area (Å²) in [5.74, 6) is -2.66. The fourth-order valence-corrected chi connectivity index (χ4v) is 9.69. The van der Waals surface area contributed by atoms with Crippen LogP contribution in [-0.2, 0) is 19.2 Å². The molecule has 0 saturated carbocycles. The van der Waals surface area contributed by atoms with Gasteiger partial charge in [0.05, 0.1) is 31.8 Å². The Morgan fingerprint density at radius 3 is 0.449 bits per heavy atom. The summed E-state index contributed by atoms with van der Waals surface area (Å²) in [5, 5.41) is 68.0. The van der Waals surface area contributed by atoms with E-state index in [1.54, 1.807) is 0 Å². The Kier molecular flexibility index (Phi) is 92.0. The molecule has 12 nitrogen and oxygen atoms in total. The van der Waals surface area contributed by atoms with Gasteiger partial charge in [0.1, 0.15) is 0 Å². The minimum Gasteiger partial charge on any atom is -0.481 e. The molecule has 0 aromatic carbocycles. The van der Waals surface area contributed by atoms with E-state index in [-0.39, 0.29) is 0 Å². The molecular formula is C77H148O12. The number of carbonyl (C=O) groups is 4. The van der Waals surface area contributed by atoms with E-state index < -0.39 is 55.7 Å². The molecule has 0 radical (unpaired) electrons. The number of carboxylic acids is 4. The maximum Gasteiger partial charge on any atom is 0.303 e. The van der Waals surface area contributed by atoms with Crippen molar-refractivity contribution in [1.82, 2.24) is 0 Å². The predicted octanol–water partition coefficient (Wildman–Crippen LogP) is 22.4. The molecule has 0 saturated heterocycles. The SMILES string of the molecule is CCCCCCCC/C=C\CCCCCCCC(=O)O.CCCCCCCC/C=C\CCCCCCCC(=O)O.CCCCCCCC/C=C\CCCCCCCC(=O)O.CCCCCCCC/C=C\CCCCCCCC(=O)O.OCC(CO)(CO)CO. The van der Waals surface area contributed by atoms with Gasteiger partial charge in [-0.1, -0.05) is 282 Å². The summed E-state index contributed by atoms with van der Waals surface area (Å²) < 4.78 is 0. The van der Waals surface area contributed by atoms with Gasteiger partial charge in [-0.15, -0.1) is 0 Å². The fraction of sp³-hybridized carbons (Fsp3) is 0.844. The standard InChI is InChI=1S/4C18H34O2.C5H12O4/c4*1-2-3-4-5-6-7-8-9-10-11-12-13-14-15-16-17-18(19)20;6-1-5(2-7,3-8)4-9/h4*9-10H,2-8,11-17H2,1H3,(H,19,20);6-9H,1-4H2/b4*10-9-;. The zero-order chi connectivity index (χ0) is 66.9. The van der Waals surface area contributed by atoms with Crippen LogP contribution < -0.4 is 0 Å². The van der Waals surface area contributed by atoms with Gasteiger partial charge in [-0.3, -0.25) is 19.2 Å². The summed E-state index contributed by atoms with van der Waals surface area (Å²) >= 11 is 0. The van der Waals surface area contributed by atoms with Crippen molar-refractivity contribution in [1.29, 1.82) is 0 Å². The molecule has 0 atom stereocenters. The third kappa shape index (κ3) is 98.5. The van der Waals surface area contributed by atoms with Crippen molar-refractivity contribution in [3.63, 3.8) is 0 Å². The molecule has 0 aromatic heterocycles. The minimum atomic E-state index is -1.11. The highest BCUT2D eigenvalue weighted by Gasteiger charge is 2.26. The number of aliphatic hydroxyl groups excluding tert-OH is 4. The summed E-state index contributed by atoms with van der Waals surface area (Å²) in [6, 6.07) is 0. The maximum atomic E-state index is 10.3. The van der Waals surface area contributed by atoms with Crippen molar-refractivity contribution in [3.8, 4) is 0 Å². The van der Waals surface area contributed by atoms with Gasteiger partial charge < -0.3 is 40.9 Å². The molecular weight excluding hydrogens is 1120 g/mol. The van der Waals surface area contributed by atoms with E-state index in [0.717, 1.165) is 51.4 Å². The molecule has 0 spiro atoms. The first-order valence-electron chi connectivity index (χ1n) is 37.2. The molecule has 0 rings (SSSR count). The average molecular weight is 1270 g/mol. The van der Waals surface area contributed by atoms with Crippen LogP contribution in [0.4, 0.5) is 0 Å². The van der Waals surface area contributed by atoms with Crippen LogP contribution >= 0.6 is 0 Å². The number of aliphatic carboxylic acids is 4. The summed E-state index contributed by atoms with van der Waals surface area (Å²) in [4.78, 5) is 41.3. The van der Waals surface area contributed by atoms with Crippen LogP contribution in [0.5, 0.6) is 0 Å². The molecule has 0 aliphatic heterocycles. The highest BCUT2D eigenvalue weighted by atomic mass is 16.4. The zero-order valence-corrected chi connectivity index (χ0v) is 58.8. The summed E-state index contributed by atoms with van der Waals surface area (Å²) in [7, 11) is 0. The van der Waals surface area contributed by atoms with E-state index in [1.165, 1.54) is 283 Å². The summed E-state index contributed by atoms with van der Waals surface area (Å²) in [6.07, 6.45) is 85.0. The van der Waals surface area contributed by atoms with Crippen molar-refractivity contribution in [2.45, 2.75) is 387 Å². The largest absolute Gasteiger partial charge is 0.481 e. The number of hydrogen-bond acceptors (Lipinski definition) is 8. The minimum absolute atomic E-state index is 0.332. The molecule has 8 N–H and O–H groups in total. The Balaban J connectivity index is -0.000000336. The van der Waals surface area contributed by atoms with E-state index in [0.29, 0.717) is 25.7 Å². The normalized spacial score (nSPS) is 11.3. The van der Waals surface area contributed by atoms with Gasteiger partial charge in [-0.2, -0.15) is 0 Å². The van der Waals surface area contributed by atoms with E-state index >= 15 is 0 Å². The molecule has 0 aliphatic carbocycles. The number of allylic oxidation sites excluding steroid dienone is 8. The Morgan fingerprint density at radius 2 is 0.337 bits per heavy atom. The topological polar surface area (TPSA) is 230 Å². The fourth-order valence-electron chi connectivity index (χ4n) is 9.69. The second-order valence-corrected chi connectivity index (χ2v) is 25.0. The Morgan fingerprint density at radius 1 is 0.213 bits per heavy atom. The van der Waals surface area contributed by atoms with Crippen molar-refractivity contribution in [3.05, 3.63) is 48.6 Å². The van der Waals surface area contributed by atoms with Crippen LogP contribution in [0.3, 0.4) is 0 Å². The Labute approximate surface area is 549 Å². The number of unbranched alkanes of at least 4 members (excludes halogenated alkanes) is 44. The Hall–Kier alpha value is -3.32. The first-order valence-corrected chi connectivity index (χ1v) is 37.2. The first kappa shape index (κ1) is 94.4. The van der Waals surface area contributed by atoms with Gasteiger partial charge in [0.25, 0.3) is 0 Å². The highest BCUT2D eigenvalue weighted by Crippen LogP contribution is 2.16. The molecule has 89 heavy (non-hydrogen) atoms. The van der Waals surface area contributed by atoms with Crippen LogP contribution in [0, 0.1) is 5.41 Å². The number of carboxylic acid groups (broad SMARTS) is 4. The summed E-state index contributed by atoms with van der Waals surface area (Å²) in [6.45, 7) is 7.41. The second kappa shape index (κ2) is 86.7. The molecule has 0 fully saturated rings. The lowest BCUT2D eigenvalue weighted by Crippen LogP contribution is -2.37. The van der Waals surface area contributed by atoms with Gasteiger partial charge >= 0.3 is 23.9 Å². The monoisotopic (exact) mass is 1270 g/mol. The van der Waals surface area contributed by atoms with Crippen LogP contribution in [0.25, 0.3) is 0 Å². The van der Waals surface area contributed by atoms with E-state index in [4.69, 9.17) is 40.9 Å². The predicted molar refractivity (Wildman–Crippen MR) is 379 cm³/mol. The van der Waals surface area contributed by atoms with Gasteiger partial charge in [0.15, 0.2) is 0 Å². The molecule has 0 aromatic rings. The maximum absolute atomic E-state index is 10.3. The third-order valence-corrected chi connectivity index (χ3v) is 16.0. The van der Waals surface area contributed by atoms with Crippen molar-refractivity contribution < 1.29 is 60.0 Å². The first-order chi connectivity index (χ1) is 43.3. The lowest BCUT2D eigenvalue weighted by Gasteiger charge is -2.23. The molecule has 0 unspecified atom stereocenters. The highest BCUT2D eigenvalue weighted by molar-refractivity contribution is 5.67. The van der Waals surface area contributed by atoms with Crippen LogP contribution in [0.15, 0.2) is 48.6 Å². The molecule has 528 valence electrons. The van der Waals surface area contributed by atoms with Gasteiger partial charge in [-0.05, 0) is 128 Å². The van der Waals surface area contributed by atoms with Gasteiger partial charge in [0.2, 0.25) is 0 Å². The molecule has 12 heteroatoms.